The van der Waals surface area contributed by atoms with E-state index in [0.29, 0.717) is 19.1 Å². The zero-order chi connectivity index (χ0) is 21.3. The Morgan fingerprint density at radius 3 is 2.67 bits per heavy atom. The van der Waals surface area contributed by atoms with Crippen LogP contribution in [0.3, 0.4) is 0 Å². The topological polar surface area (TPSA) is 44.8 Å². The molecule has 2 aromatic carbocycles. The number of hydrogen-bond acceptors (Lipinski definition) is 3. The minimum atomic E-state index is -0.271. The molecule has 6 heteroatoms. The number of amides is 2. The fraction of sp³-hybridized carbons (Fsp3) is 0.458. The van der Waals surface area contributed by atoms with Gasteiger partial charge in [0.1, 0.15) is 11.6 Å². The molecule has 2 aromatic rings. The number of urea groups is 1. The molecule has 1 unspecified atom stereocenters. The van der Waals surface area contributed by atoms with Crippen LogP contribution in [0.25, 0.3) is 0 Å². The van der Waals surface area contributed by atoms with Crippen LogP contribution >= 0.6 is 0 Å². The van der Waals surface area contributed by atoms with Gasteiger partial charge in [-0.05, 0) is 68.8 Å². The number of nitrogens with zero attached hydrogens (tertiary/aromatic N) is 2. The van der Waals surface area contributed by atoms with E-state index in [4.69, 9.17) is 4.74 Å². The van der Waals surface area contributed by atoms with E-state index >= 15 is 0 Å². The highest BCUT2D eigenvalue weighted by Crippen LogP contribution is 2.43. The highest BCUT2D eigenvalue weighted by molar-refractivity contribution is 5.78. The van der Waals surface area contributed by atoms with Crippen molar-refractivity contribution in [2.75, 3.05) is 27.7 Å². The van der Waals surface area contributed by atoms with Crippen molar-refractivity contribution in [2.45, 2.75) is 43.3 Å². The van der Waals surface area contributed by atoms with Gasteiger partial charge in [-0.15, -0.1) is 0 Å². The van der Waals surface area contributed by atoms with Crippen LogP contribution in [0.5, 0.6) is 5.75 Å². The fourth-order valence-corrected chi connectivity index (χ4v) is 5.10. The Bertz CT molecular complexity index is 902. The minimum Gasteiger partial charge on any atom is -0.497 e. The molecule has 1 aliphatic carbocycles. The molecule has 0 bridgehead atoms. The first-order valence-corrected chi connectivity index (χ1v) is 10.5. The minimum absolute atomic E-state index is 0.0212. The summed E-state index contributed by atoms with van der Waals surface area (Å²) in [6, 6.07) is 15.1. The molecule has 1 aliphatic heterocycles. The first-order valence-electron chi connectivity index (χ1n) is 10.5. The Kier molecular flexibility index (Phi) is 5.69. The summed E-state index contributed by atoms with van der Waals surface area (Å²) in [6.45, 7) is 1.24. The second-order valence-corrected chi connectivity index (χ2v) is 8.85. The van der Waals surface area contributed by atoms with E-state index in [9.17, 15) is 9.18 Å². The molecule has 1 heterocycles. The van der Waals surface area contributed by atoms with Crippen LogP contribution in [0.15, 0.2) is 48.5 Å². The number of rotatable bonds is 5. The number of carbonyl (C=O) groups excluding carboxylic acids is 1. The molecule has 2 fully saturated rings. The molecule has 4 rings (SSSR count). The van der Waals surface area contributed by atoms with E-state index in [-0.39, 0.29) is 23.3 Å². The number of nitrogens with one attached hydrogen (secondary N) is 1. The maximum absolute atomic E-state index is 13.9. The zero-order valence-electron chi connectivity index (χ0n) is 17.9. The number of hydrogen-bond donors (Lipinski definition) is 1. The quantitative estimate of drug-likeness (QED) is 0.809. The third kappa shape index (κ3) is 4.15. The Hall–Kier alpha value is -2.60. The second-order valence-electron chi connectivity index (χ2n) is 8.85. The van der Waals surface area contributed by atoms with Gasteiger partial charge in [-0.1, -0.05) is 24.3 Å². The lowest BCUT2D eigenvalue weighted by Crippen LogP contribution is -2.52. The van der Waals surface area contributed by atoms with Gasteiger partial charge in [0.2, 0.25) is 0 Å². The summed E-state index contributed by atoms with van der Waals surface area (Å²) in [5, 5.41) is 3.29. The summed E-state index contributed by atoms with van der Waals surface area (Å²) in [6.07, 6.45) is 2.70. The van der Waals surface area contributed by atoms with Crippen LogP contribution in [0.4, 0.5) is 9.18 Å². The van der Waals surface area contributed by atoms with Gasteiger partial charge in [-0.2, -0.15) is 0 Å². The van der Waals surface area contributed by atoms with Gasteiger partial charge < -0.3 is 19.9 Å². The zero-order valence-corrected chi connectivity index (χ0v) is 17.9. The van der Waals surface area contributed by atoms with Gasteiger partial charge in [0.15, 0.2) is 0 Å². The Balaban J connectivity index is 1.53. The lowest BCUT2D eigenvalue weighted by Gasteiger charge is -2.45. The van der Waals surface area contributed by atoms with E-state index in [1.54, 1.807) is 19.2 Å². The van der Waals surface area contributed by atoms with Crippen molar-refractivity contribution in [3.8, 4) is 5.75 Å². The molecule has 1 spiro atoms. The molecule has 2 aliphatic rings. The maximum atomic E-state index is 13.9. The number of benzene rings is 2. The Morgan fingerprint density at radius 1 is 1.23 bits per heavy atom. The predicted octanol–water partition coefficient (Wildman–Crippen LogP) is 4.00. The molecular weight excluding hydrogens is 381 g/mol. The number of methoxy groups -OCH3 is 1. The molecule has 30 heavy (non-hydrogen) atoms. The molecule has 0 aromatic heterocycles. The highest BCUT2D eigenvalue weighted by atomic mass is 19.1. The standard InChI is InChI=1S/C24H30FN3O2/c1-27(2)22-11-12-24(14-21(22)18-5-4-6-19(25)13-18)16-28(23(29)26-24)15-17-7-9-20(30-3)10-8-17/h4-10,13,21-22H,11-12,14-16H2,1-3H3,(H,26,29)/t21?,22-,24+/m1/s1. The summed E-state index contributed by atoms with van der Waals surface area (Å²) in [4.78, 5) is 16.9. The van der Waals surface area contributed by atoms with Crippen LogP contribution in [-0.4, -0.2) is 55.2 Å². The van der Waals surface area contributed by atoms with E-state index in [0.717, 1.165) is 36.1 Å². The van der Waals surface area contributed by atoms with E-state index in [1.807, 2.05) is 35.2 Å². The molecule has 1 saturated heterocycles. The molecule has 2 amide bonds. The summed E-state index contributed by atoms with van der Waals surface area (Å²) in [5.41, 5.74) is 1.81. The van der Waals surface area contributed by atoms with Crippen LogP contribution < -0.4 is 10.1 Å². The van der Waals surface area contributed by atoms with Crippen molar-refractivity contribution in [1.29, 1.82) is 0 Å². The molecule has 0 radical (unpaired) electrons. The SMILES string of the molecule is COc1ccc(CN2C[C@@]3(CC[C@@H](N(C)C)C(c4cccc(F)c4)C3)NC2=O)cc1. The van der Waals surface area contributed by atoms with Crippen molar-refractivity contribution in [3.63, 3.8) is 0 Å². The van der Waals surface area contributed by atoms with Gasteiger partial charge in [0.25, 0.3) is 0 Å². The van der Waals surface area contributed by atoms with Crippen LogP contribution in [0.2, 0.25) is 0 Å². The summed E-state index contributed by atoms with van der Waals surface area (Å²) < 4.78 is 19.2. The molecule has 1 N–H and O–H groups in total. The van der Waals surface area contributed by atoms with E-state index in [1.165, 1.54) is 6.07 Å². The number of halogens is 1. The molecule has 160 valence electrons. The lowest BCUT2D eigenvalue weighted by molar-refractivity contribution is 0.135. The smallest absolute Gasteiger partial charge is 0.318 e. The third-order valence-electron chi connectivity index (χ3n) is 6.62. The molecular formula is C24H30FN3O2. The number of carbonyl (C=O) groups is 1. The van der Waals surface area contributed by atoms with E-state index < -0.39 is 0 Å². The highest BCUT2D eigenvalue weighted by Gasteiger charge is 2.48. The van der Waals surface area contributed by atoms with Gasteiger partial charge >= 0.3 is 6.03 Å². The lowest BCUT2D eigenvalue weighted by atomic mass is 9.70. The van der Waals surface area contributed by atoms with E-state index in [2.05, 4.69) is 24.3 Å². The van der Waals surface area contributed by atoms with Gasteiger partial charge in [-0.25, -0.2) is 9.18 Å². The van der Waals surface area contributed by atoms with Crippen LogP contribution in [-0.2, 0) is 6.54 Å². The molecule has 5 nitrogen and oxygen atoms in total. The van der Waals surface area contributed by atoms with Crippen LogP contribution in [0.1, 0.15) is 36.3 Å². The predicted molar refractivity (Wildman–Crippen MR) is 115 cm³/mol. The van der Waals surface area contributed by atoms with Crippen LogP contribution in [0, 0.1) is 5.82 Å². The summed E-state index contributed by atoms with van der Waals surface area (Å²) in [5.74, 6) is 0.771. The fourth-order valence-electron chi connectivity index (χ4n) is 5.10. The third-order valence-corrected chi connectivity index (χ3v) is 6.62. The van der Waals surface area contributed by atoms with Gasteiger partial charge in [0.05, 0.1) is 12.6 Å². The normalized spacial score (nSPS) is 26.3. The first kappa shape index (κ1) is 20.7. The first-order chi connectivity index (χ1) is 14.4. The average Bonchev–Trinajstić information content (AvgIpc) is 3.02. The van der Waals surface area contributed by atoms with Crippen molar-refractivity contribution >= 4 is 6.03 Å². The molecule has 1 saturated carbocycles. The summed E-state index contributed by atoms with van der Waals surface area (Å²) >= 11 is 0. The maximum Gasteiger partial charge on any atom is 0.318 e. The average molecular weight is 412 g/mol. The van der Waals surface area contributed by atoms with Gasteiger partial charge in [-0.3, -0.25) is 0 Å². The van der Waals surface area contributed by atoms with Crippen molar-refractivity contribution in [1.82, 2.24) is 15.1 Å². The Labute approximate surface area is 177 Å². The molecule has 3 atom stereocenters. The summed E-state index contributed by atoms with van der Waals surface area (Å²) in [7, 11) is 5.81. The number of ether oxygens (including phenoxy) is 1. The van der Waals surface area contributed by atoms with Crippen molar-refractivity contribution in [3.05, 3.63) is 65.5 Å². The van der Waals surface area contributed by atoms with Crippen molar-refractivity contribution in [2.24, 2.45) is 0 Å². The van der Waals surface area contributed by atoms with Gasteiger partial charge in [0, 0.05) is 25.0 Å². The number of likely N-dealkylation sites (N-methyl/N-ethyl adjacent to an activating group) is 1. The monoisotopic (exact) mass is 411 g/mol. The largest absolute Gasteiger partial charge is 0.497 e. The Morgan fingerprint density at radius 2 is 2.00 bits per heavy atom. The second kappa shape index (κ2) is 8.26. The van der Waals surface area contributed by atoms with Crippen molar-refractivity contribution < 1.29 is 13.9 Å².